The van der Waals surface area contributed by atoms with Crippen molar-refractivity contribution in [2.75, 3.05) is 19.9 Å². The molecule has 0 aliphatic carbocycles. The molecule has 0 bridgehead atoms. The molecule has 3 aromatic rings. The van der Waals surface area contributed by atoms with Crippen LogP contribution in [0.15, 0.2) is 53.1 Å². The van der Waals surface area contributed by atoms with Gasteiger partial charge in [-0.05, 0) is 55.0 Å². The van der Waals surface area contributed by atoms with E-state index in [1.807, 2.05) is 60.4 Å². The topological polar surface area (TPSA) is 77.7 Å². The van der Waals surface area contributed by atoms with E-state index in [-0.39, 0.29) is 12.7 Å². The van der Waals surface area contributed by atoms with Gasteiger partial charge >= 0.3 is 0 Å². The van der Waals surface area contributed by atoms with Gasteiger partial charge in [0.2, 0.25) is 24.4 Å². The second-order valence-corrected chi connectivity index (χ2v) is 8.27. The summed E-state index contributed by atoms with van der Waals surface area (Å²) < 4.78 is 16.2. The summed E-state index contributed by atoms with van der Waals surface area (Å²) >= 11 is 0. The second kappa shape index (κ2) is 8.86. The molecule has 32 heavy (non-hydrogen) atoms. The third-order valence-electron chi connectivity index (χ3n) is 5.96. The molecule has 5 rings (SSSR count). The van der Waals surface area contributed by atoms with Gasteiger partial charge < -0.3 is 18.9 Å². The van der Waals surface area contributed by atoms with E-state index in [1.54, 1.807) is 6.08 Å². The first-order valence-corrected chi connectivity index (χ1v) is 10.9. The fraction of sp³-hybridized carbons (Fsp3) is 0.320. The normalized spacial score (nSPS) is 17.8. The van der Waals surface area contributed by atoms with Crippen LogP contribution >= 0.6 is 0 Å². The lowest BCUT2D eigenvalue weighted by Gasteiger charge is -2.31. The van der Waals surface area contributed by atoms with Crippen molar-refractivity contribution < 1.29 is 18.8 Å². The number of nitrogens with zero attached hydrogens (tertiary/aromatic N) is 3. The SMILES string of the molecule is Cc1ccccc1-c1noc(C[C@H]2CCCN(C(=O)/C=C\c3ccc4c(c3)OCO4)C2)n1. The molecule has 1 fully saturated rings. The van der Waals surface area contributed by atoms with Gasteiger partial charge in [0.1, 0.15) is 0 Å². The standard InChI is InChI=1S/C25H25N3O4/c1-17-5-2-3-7-20(17)25-26-23(32-27-25)14-19-6-4-12-28(15-19)24(29)11-9-18-8-10-21-22(13-18)31-16-30-21/h2-3,5,7-11,13,19H,4,6,12,14-16H2,1H3/b11-9-/t19-/m1/s1. The number of benzene rings is 2. The Balaban J connectivity index is 1.20. The number of aromatic nitrogens is 2. The summed E-state index contributed by atoms with van der Waals surface area (Å²) in [6, 6.07) is 13.7. The number of amides is 1. The van der Waals surface area contributed by atoms with Gasteiger partial charge in [-0.25, -0.2) is 0 Å². The van der Waals surface area contributed by atoms with E-state index in [4.69, 9.17) is 14.0 Å². The summed E-state index contributed by atoms with van der Waals surface area (Å²) in [6.07, 6.45) is 6.13. The van der Waals surface area contributed by atoms with Gasteiger partial charge in [-0.15, -0.1) is 0 Å². The summed E-state index contributed by atoms with van der Waals surface area (Å²) in [6.45, 7) is 3.72. The predicted octanol–water partition coefficient (Wildman–Crippen LogP) is 4.27. The first kappa shape index (κ1) is 20.3. The minimum atomic E-state index is 0.0125. The molecular weight excluding hydrogens is 406 g/mol. The Hall–Kier alpha value is -3.61. The van der Waals surface area contributed by atoms with Gasteiger partial charge in [-0.3, -0.25) is 4.79 Å². The van der Waals surface area contributed by atoms with E-state index < -0.39 is 0 Å². The minimum Gasteiger partial charge on any atom is -0.454 e. The maximum absolute atomic E-state index is 12.8. The number of hydrogen-bond donors (Lipinski definition) is 0. The Bertz CT molecular complexity index is 1150. The van der Waals surface area contributed by atoms with Crippen LogP contribution in [0.3, 0.4) is 0 Å². The molecule has 164 valence electrons. The lowest BCUT2D eigenvalue weighted by atomic mass is 9.94. The Labute approximate surface area is 186 Å². The molecule has 2 aliphatic heterocycles. The largest absolute Gasteiger partial charge is 0.454 e. The van der Waals surface area contributed by atoms with Crippen molar-refractivity contribution in [3.05, 3.63) is 65.6 Å². The van der Waals surface area contributed by atoms with E-state index in [0.717, 1.165) is 41.8 Å². The van der Waals surface area contributed by atoms with Crippen molar-refractivity contribution in [1.82, 2.24) is 15.0 Å². The van der Waals surface area contributed by atoms with Crippen LogP contribution in [0.2, 0.25) is 0 Å². The van der Waals surface area contributed by atoms with E-state index >= 15 is 0 Å². The lowest BCUT2D eigenvalue weighted by Crippen LogP contribution is -2.39. The molecule has 2 aliphatic rings. The van der Waals surface area contributed by atoms with Crippen LogP contribution in [-0.2, 0) is 11.2 Å². The highest BCUT2D eigenvalue weighted by Gasteiger charge is 2.25. The fourth-order valence-corrected chi connectivity index (χ4v) is 4.24. The Morgan fingerprint density at radius 1 is 1.19 bits per heavy atom. The van der Waals surface area contributed by atoms with Gasteiger partial charge in [-0.1, -0.05) is 35.5 Å². The van der Waals surface area contributed by atoms with Crippen LogP contribution in [0.25, 0.3) is 17.5 Å². The van der Waals surface area contributed by atoms with Gasteiger partial charge in [0, 0.05) is 31.1 Å². The highest BCUT2D eigenvalue weighted by atomic mass is 16.7. The summed E-state index contributed by atoms with van der Waals surface area (Å²) in [5, 5.41) is 4.16. The Kier molecular flexibility index (Phi) is 5.62. The van der Waals surface area contributed by atoms with E-state index in [0.29, 0.717) is 36.3 Å². The van der Waals surface area contributed by atoms with Crippen LogP contribution in [0.4, 0.5) is 0 Å². The molecule has 0 unspecified atom stereocenters. The van der Waals surface area contributed by atoms with Gasteiger partial charge in [0.15, 0.2) is 11.5 Å². The summed E-state index contributed by atoms with van der Waals surface area (Å²) in [4.78, 5) is 19.3. The molecule has 7 heteroatoms. The number of likely N-dealkylation sites (tertiary alicyclic amines) is 1. The molecule has 1 saturated heterocycles. The molecule has 0 N–H and O–H groups in total. The molecule has 7 nitrogen and oxygen atoms in total. The molecular formula is C25H25N3O4. The molecule has 1 atom stereocenters. The number of carbonyl (C=O) groups excluding carboxylic acids is 1. The smallest absolute Gasteiger partial charge is 0.246 e. The highest BCUT2D eigenvalue weighted by molar-refractivity contribution is 5.92. The zero-order chi connectivity index (χ0) is 21.9. The number of carbonyl (C=O) groups is 1. The minimum absolute atomic E-state index is 0.0125. The number of piperidine rings is 1. The Morgan fingerprint density at radius 3 is 2.97 bits per heavy atom. The van der Waals surface area contributed by atoms with Crippen LogP contribution < -0.4 is 9.47 Å². The maximum Gasteiger partial charge on any atom is 0.246 e. The monoisotopic (exact) mass is 431 g/mol. The zero-order valence-corrected chi connectivity index (χ0v) is 18.0. The van der Waals surface area contributed by atoms with Crippen molar-refractivity contribution in [2.24, 2.45) is 5.92 Å². The van der Waals surface area contributed by atoms with Crippen molar-refractivity contribution in [2.45, 2.75) is 26.2 Å². The van der Waals surface area contributed by atoms with Crippen LogP contribution in [-0.4, -0.2) is 40.8 Å². The van der Waals surface area contributed by atoms with Crippen molar-refractivity contribution in [3.63, 3.8) is 0 Å². The average molecular weight is 431 g/mol. The van der Waals surface area contributed by atoms with Crippen LogP contribution in [0.5, 0.6) is 11.5 Å². The highest BCUT2D eigenvalue weighted by Crippen LogP contribution is 2.33. The summed E-state index contributed by atoms with van der Waals surface area (Å²) in [7, 11) is 0. The maximum atomic E-state index is 12.8. The van der Waals surface area contributed by atoms with Crippen molar-refractivity contribution >= 4 is 12.0 Å². The molecule has 1 amide bonds. The van der Waals surface area contributed by atoms with Crippen molar-refractivity contribution in [1.29, 1.82) is 0 Å². The fourth-order valence-electron chi connectivity index (χ4n) is 4.24. The van der Waals surface area contributed by atoms with Gasteiger partial charge in [0.25, 0.3) is 0 Å². The van der Waals surface area contributed by atoms with E-state index in [2.05, 4.69) is 10.1 Å². The third kappa shape index (κ3) is 4.37. The van der Waals surface area contributed by atoms with Crippen LogP contribution in [0, 0.1) is 12.8 Å². The molecule has 0 radical (unpaired) electrons. The molecule has 0 spiro atoms. The number of fused-ring (bicyclic) bond motifs is 1. The average Bonchev–Trinajstić information content (AvgIpc) is 3.47. The molecule has 1 aromatic heterocycles. The summed E-state index contributed by atoms with van der Waals surface area (Å²) in [5.41, 5.74) is 3.01. The van der Waals surface area contributed by atoms with Crippen LogP contribution in [0.1, 0.15) is 29.9 Å². The first-order valence-electron chi connectivity index (χ1n) is 10.9. The van der Waals surface area contributed by atoms with Gasteiger partial charge in [0.05, 0.1) is 0 Å². The molecule has 2 aromatic carbocycles. The first-order chi connectivity index (χ1) is 15.7. The number of ether oxygens (including phenoxy) is 2. The summed E-state index contributed by atoms with van der Waals surface area (Å²) in [5.74, 6) is 3.00. The second-order valence-electron chi connectivity index (χ2n) is 8.27. The molecule has 0 saturated carbocycles. The van der Waals surface area contributed by atoms with E-state index in [1.165, 1.54) is 0 Å². The molecule has 3 heterocycles. The zero-order valence-electron chi connectivity index (χ0n) is 18.0. The lowest BCUT2D eigenvalue weighted by molar-refractivity contribution is -0.127. The van der Waals surface area contributed by atoms with Crippen molar-refractivity contribution in [3.8, 4) is 22.9 Å². The predicted molar refractivity (Wildman–Crippen MR) is 119 cm³/mol. The number of rotatable bonds is 5. The number of hydrogen-bond acceptors (Lipinski definition) is 6. The third-order valence-corrected chi connectivity index (χ3v) is 5.96. The Morgan fingerprint density at radius 2 is 2.06 bits per heavy atom. The quantitative estimate of drug-likeness (QED) is 0.562. The van der Waals surface area contributed by atoms with Gasteiger partial charge in [-0.2, -0.15) is 4.98 Å². The number of aryl methyl sites for hydroxylation is 1. The van der Waals surface area contributed by atoms with E-state index in [9.17, 15) is 4.79 Å².